The van der Waals surface area contributed by atoms with Gasteiger partial charge in [-0.2, -0.15) is 0 Å². The lowest BCUT2D eigenvalue weighted by molar-refractivity contribution is -0.256. The smallest absolute Gasteiger partial charge is 0.412 e. The number of amides is 2. The van der Waals surface area contributed by atoms with Crippen LogP contribution in [0.3, 0.4) is 0 Å². The van der Waals surface area contributed by atoms with E-state index in [0.717, 1.165) is 42.4 Å². The Labute approximate surface area is 347 Å². The van der Waals surface area contributed by atoms with Crippen LogP contribution in [0.5, 0.6) is 23.0 Å². The van der Waals surface area contributed by atoms with E-state index in [1.165, 1.54) is 0 Å². The van der Waals surface area contributed by atoms with Crippen LogP contribution in [0.4, 0.5) is 9.59 Å². The van der Waals surface area contributed by atoms with Gasteiger partial charge in [0.2, 0.25) is 12.6 Å². The minimum absolute atomic E-state index is 0.0171. The predicted octanol–water partition coefficient (Wildman–Crippen LogP) is 7.61. The Morgan fingerprint density at radius 2 is 1.76 bits per heavy atom. The number of rotatable bonds is 18. The molecule has 0 spiro atoms. The lowest BCUT2D eigenvalue weighted by atomic mass is 9.55. The summed E-state index contributed by atoms with van der Waals surface area (Å²) in [7, 11) is 0. The number of nitrogens with one attached hydrogen (secondary N) is 1. The largest absolute Gasteiger partial charge is 0.459 e. The first-order chi connectivity index (χ1) is 28.5. The summed E-state index contributed by atoms with van der Waals surface area (Å²) >= 11 is 0. The Bertz CT molecular complexity index is 1860. The monoisotopic (exact) mass is 819 g/mol. The summed E-state index contributed by atoms with van der Waals surface area (Å²) in [4.78, 5) is 35.1. The van der Waals surface area contributed by atoms with Crippen molar-refractivity contribution >= 4 is 17.9 Å². The zero-order valence-electron chi connectivity index (χ0n) is 35.1. The third-order valence-corrected chi connectivity index (χ3v) is 11.3. The standard InChI is InChI=1S/C45H61N3O11/c1-7-22-56-45-39(48(43(52)53-9-3)27-29-16-18-37-38(23-29)55-28-54-37)26-35(47-59-44(4,5)6)33-24-30(14-10-12-20-49)32(15-11-13-21-50)40(41(33)45)34-25-31(17-19-36(34)58-45)57-42(51)46-8-2/h7,16-19,23-25,30,32,39-41,49-50H,1,8-15,20-22,26-28H2,2-6H3,(H,46,51)/t30-,32+,39-,40+,41+,45+/m0/s1. The van der Waals surface area contributed by atoms with Gasteiger partial charge in [0.05, 0.1) is 24.8 Å². The molecule has 322 valence electrons. The molecule has 2 amide bonds. The number of oxime groups is 1. The number of hydrogen-bond acceptors (Lipinski definition) is 12. The molecule has 0 saturated heterocycles. The van der Waals surface area contributed by atoms with Crippen LogP contribution < -0.4 is 24.3 Å². The number of ether oxygens (including phenoxy) is 6. The Morgan fingerprint density at radius 1 is 1.02 bits per heavy atom. The molecule has 2 heterocycles. The van der Waals surface area contributed by atoms with Crippen LogP contribution in [0.15, 0.2) is 65.9 Å². The number of carbonyl (C=O) groups is 2. The van der Waals surface area contributed by atoms with Gasteiger partial charge in [-0.1, -0.05) is 36.2 Å². The number of hydrogen-bond donors (Lipinski definition) is 3. The van der Waals surface area contributed by atoms with E-state index >= 15 is 0 Å². The number of unbranched alkanes of at least 4 members (excludes halogenated alkanes) is 2. The summed E-state index contributed by atoms with van der Waals surface area (Å²) < 4.78 is 37.2. The topological polar surface area (TPSA) is 167 Å². The number of fused-ring (bicyclic) bond motifs is 3. The molecule has 0 bridgehead atoms. The molecule has 2 aromatic rings. The predicted molar refractivity (Wildman–Crippen MR) is 221 cm³/mol. The molecular formula is C45H61N3O11. The molecular weight excluding hydrogens is 759 g/mol. The number of aliphatic hydroxyl groups is 2. The highest BCUT2D eigenvalue weighted by Crippen LogP contribution is 2.62. The second-order valence-corrected chi connectivity index (χ2v) is 16.4. The molecule has 1 saturated carbocycles. The van der Waals surface area contributed by atoms with Crippen molar-refractivity contribution < 1.29 is 53.1 Å². The summed E-state index contributed by atoms with van der Waals surface area (Å²) in [5, 5.41) is 27.4. The van der Waals surface area contributed by atoms with Crippen molar-refractivity contribution in [2.24, 2.45) is 22.9 Å². The third kappa shape index (κ3) is 9.82. The first-order valence-electron chi connectivity index (χ1n) is 21.0. The van der Waals surface area contributed by atoms with E-state index in [0.29, 0.717) is 48.1 Å². The molecule has 2 aliphatic carbocycles. The lowest BCUT2D eigenvalue weighted by Gasteiger charge is -2.60. The van der Waals surface area contributed by atoms with Gasteiger partial charge in [0.1, 0.15) is 23.1 Å². The normalized spacial score (nSPS) is 24.6. The van der Waals surface area contributed by atoms with E-state index in [-0.39, 0.29) is 63.9 Å². The third-order valence-electron chi connectivity index (χ3n) is 11.3. The van der Waals surface area contributed by atoms with Gasteiger partial charge in [-0.05, 0) is 114 Å². The molecule has 1 fully saturated rings. The van der Waals surface area contributed by atoms with E-state index in [1.807, 2.05) is 52.0 Å². The van der Waals surface area contributed by atoms with Crippen LogP contribution in [0.25, 0.3) is 0 Å². The van der Waals surface area contributed by atoms with Gasteiger partial charge in [-0.25, -0.2) is 9.59 Å². The van der Waals surface area contributed by atoms with Gasteiger partial charge in [0.15, 0.2) is 11.5 Å². The Morgan fingerprint density at radius 3 is 2.47 bits per heavy atom. The maximum absolute atomic E-state index is 14.5. The molecule has 2 aliphatic heterocycles. The van der Waals surface area contributed by atoms with Gasteiger partial charge < -0.3 is 48.8 Å². The molecule has 0 radical (unpaired) electrons. The molecule has 14 nitrogen and oxygen atoms in total. The van der Waals surface area contributed by atoms with E-state index in [2.05, 4.69) is 18.0 Å². The average molecular weight is 820 g/mol. The van der Waals surface area contributed by atoms with Crippen molar-refractivity contribution in [3.8, 4) is 23.0 Å². The molecule has 0 aromatic heterocycles. The number of allylic oxidation sites excluding steroid dienone is 1. The van der Waals surface area contributed by atoms with Crippen molar-refractivity contribution in [1.82, 2.24) is 10.2 Å². The lowest BCUT2D eigenvalue weighted by Crippen LogP contribution is -2.70. The number of nitrogens with zero attached hydrogens (tertiary/aromatic N) is 2. The number of aliphatic hydroxyl groups excluding tert-OH is 2. The summed E-state index contributed by atoms with van der Waals surface area (Å²) in [5.41, 5.74) is 2.52. The zero-order valence-corrected chi connectivity index (χ0v) is 35.1. The van der Waals surface area contributed by atoms with E-state index < -0.39 is 35.5 Å². The van der Waals surface area contributed by atoms with Crippen molar-refractivity contribution in [3.63, 3.8) is 0 Å². The number of benzene rings is 2. The minimum Gasteiger partial charge on any atom is -0.459 e. The summed E-state index contributed by atoms with van der Waals surface area (Å²) in [6, 6.07) is 10.2. The van der Waals surface area contributed by atoms with Crippen LogP contribution in [0.1, 0.15) is 96.6 Å². The van der Waals surface area contributed by atoms with Crippen molar-refractivity contribution in [3.05, 3.63) is 71.8 Å². The van der Waals surface area contributed by atoms with E-state index in [9.17, 15) is 19.8 Å². The van der Waals surface area contributed by atoms with Crippen LogP contribution in [0, 0.1) is 17.8 Å². The van der Waals surface area contributed by atoms with Gasteiger partial charge >= 0.3 is 12.2 Å². The Balaban J connectivity index is 1.61. The summed E-state index contributed by atoms with van der Waals surface area (Å²) in [6.45, 7) is 14.4. The fourth-order valence-electron chi connectivity index (χ4n) is 8.94. The fourth-order valence-corrected chi connectivity index (χ4v) is 8.94. The molecule has 3 N–H and O–H groups in total. The molecule has 6 atom stereocenters. The van der Waals surface area contributed by atoms with Crippen molar-refractivity contribution in [2.45, 2.75) is 109 Å². The minimum atomic E-state index is -1.51. The average Bonchev–Trinajstić information content (AvgIpc) is 3.68. The van der Waals surface area contributed by atoms with Crippen LogP contribution in [-0.2, 0) is 20.9 Å². The maximum Gasteiger partial charge on any atom is 0.412 e. The molecule has 6 rings (SSSR count). The second kappa shape index (κ2) is 19.5. The summed E-state index contributed by atoms with van der Waals surface area (Å²) in [5.74, 6) is -0.273. The highest BCUT2D eigenvalue weighted by Gasteiger charge is 2.65. The highest BCUT2D eigenvalue weighted by atomic mass is 16.7. The van der Waals surface area contributed by atoms with Gasteiger partial charge in [0, 0.05) is 44.2 Å². The maximum atomic E-state index is 14.5. The second-order valence-electron chi connectivity index (χ2n) is 16.4. The Hall–Kier alpha value is -4.79. The van der Waals surface area contributed by atoms with Crippen LogP contribution >= 0.6 is 0 Å². The van der Waals surface area contributed by atoms with Crippen molar-refractivity contribution in [2.75, 3.05) is 39.8 Å². The van der Waals surface area contributed by atoms with Gasteiger partial charge in [0.25, 0.3) is 0 Å². The highest BCUT2D eigenvalue weighted by molar-refractivity contribution is 6.03. The van der Waals surface area contributed by atoms with Crippen LogP contribution in [-0.4, -0.2) is 90.2 Å². The van der Waals surface area contributed by atoms with Gasteiger partial charge in [-0.3, -0.25) is 4.90 Å². The SMILES string of the molecule is C=CCO[C@@]12Oc3ccc(OC(=O)NCC)cc3[C@H]3[C@H](CCCCO)[C@@H](CCCCO)C=C(C(=NOC(C)(C)C)C[C@@H]1N(Cc1ccc4c(c1)OCO4)C(=O)OCC)[C@H]32. The molecule has 59 heavy (non-hydrogen) atoms. The molecule has 14 heteroatoms. The first kappa shape index (κ1) is 43.8. The summed E-state index contributed by atoms with van der Waals surface area (Å²) in [6.07, 6.45) is 7.38. The number of carbonyl (C=O) groups excluding carboxylic acids is 2. The fraction of sp³-hybridized carbons (Fsp3) is 0.578. The van der Waals surface area contributed by atoms with Crippen molar-refractivity contribution in [1.29, 1.82) is 0 Å². The van der Waals surface area contributed by atoms with E-state index in [1.54, 1.807) is 30.0 Å². The van der Waals surface area contributed by atoms with Gasteiger partial charge in [-0.15, -0.1) is 6.58 Å². The van der Waals surface area contributed by atoms with Crippen LogP contribution in [0.2, 0.25) is 0 Å². The molecule has 2 aromatic carbocycles. The molecule has 0 unspecified atom stereocenters. The van der Waals surface area contributed by atoms with E-state index in [4.69, 9.17) is 38.4 Å². The Kier molecular flexibility index (Phi) is 14.5. The first-order valence-corrected chi connectivity index (χ1v) is 21.0. The zero-order chi connectivity index (χ0) is 42.2. The quantitative estimate of drug-likeness (QED) is 0.0770. The molecule has 4 aliphatic rings.